The topological polar surface area (TPSA) is 91.2 Å². The van der Waals surface area contributed by atoms with E-state index in [1.54, 1.807) is 6.20 Å². The van der Waals surface area contributed by atoms with E-state index in [0.717, 1.165) is 53.3 Å². The molecule has 38 heavy (non-hydrogen) atoms. The largest absolute Gasteiger partial charge is 0.490 e. The van der Waals surface area contributed by atoms with Gasteiger partial charge in [-0.3, -0.25) is 4.98 Å². The maximum atomic E-state index is 15.0. The monoisotopic (exact) mass is 541 g/mol. The zero-order valence-electron chi connectivity index (χ0n) is 20.3. The molecule has 13 heteroatoms. The van der Waals surface area contributed by atoms with Crippen molar-refractivity contribution in [1.82, 2.24) is 15.0 Å². The van der Waals surface area contributed by atoms with Gasteiger partial charge in [-0.15, -0.1) is 0 Å². The van der Waals surface area contributed by atoms with Gasteiger partial charge in [-0.25, -0.2) is 27.9 Å². The normalized spacial score (nSPS) is 17.1. The molecule has 0 amide bonds. The van der Waals surface area contributed by atoms with Crippen molar-refractivity contribution in [3.05, 3.63) is 53.4 Å². The Morgan fingerprint density at radius 2 is 1.76 bits per heavy atom. The van der Waals surface area contributed by atoms with Gasteiger partial charge < -0.3 is 15.3 Å². The van der Waals surface area contributed by atoms with Gasteiger partial charge >= 0.3 is 12.1 Å². The third-order valence-electron chi connectivity index (χ3n) is 6.42. The van der Waals surface area contributed by atoms with Crippen LogP contribution in [0.5, 0.6) is 0 Å². The third kappa shape index (κ3) is 6.43. The first-order valence-corrected chi connectivity index (χ1v) is 12.0. The van der Waals surface area contributed by atoms with Crippen LogP contribution in [-0.4, -0.2) is 51.3 Å². The number of carboxylic acid groups (broad SMARTS) is 1. The fourth-order valence-electron chi connectivity index (χ4n) is 4.22. The molecular formula is C25H25F6N5O2. The van der Waals surface area contributed by atoms with Crippen LogP contribution in [0.2, 0.25) is 0 Å². The maximum Gasteiger partial charge on any atom is 0.490 e. The van der Waals surface area contributed by atoms with Crippen molar-refractivity contribution in [1.29, 1.82) is 0 Å². The zero-order valence-corrected chi connectivity index (χ0v) is 20.3. The molecule has 1 unspecified atom stereocenters. The standard InChI is InChI=1S/C23H24F3N5.C2HF3O2/c1-13-21-19(6-9-27-13)29-22(28-16-3-4-16)23(30-21)31-10-7-14(8-11-31)20(26)17-5-2-15(24)12-18(17)25;3-2(4,5)1(6)7/h2,5-6,9,12,14,16,20H,3-4,7-8,10-11H2,1H3,(H,28,29);(H,6,7). The molecule has 1 saturated heterocycles. The summed E-state index contributed by atoms with van der Waals surface area (Å²) in [5.74, 6) is -3.09. The highest BCUT2D eigenvalue weighted by Crippen LogP contribution is 2.38. The van der Waals surface area contributed by atoms with Crippen molar-refractivity contribution >= 4 is 28.6 Å². The lowest BCUT2D eigenvalue weighted by Crippen LogP contribution is -2.36. The molecule has 1 saturated carbocycles. The number of anilines is 2. The summed E-state index contributed by atoms with van der Waals surface area (Å²) < 4.78 is 74.0. The van der Waals surface area contributed by atoms with Crippen LogP contribution < -0.4 is 10.2 Å². The van der Waals surface area contributed by atoms with Crippen molar-refractivity contribution in [2.45, 2.75) is 51.0 Å². The molecule has 0 radical (unpaired) electrons. The number of carbonyl (C=O) groups is 1. The van der Waals surface area contributed by atoms with Crippen molar-refractivity contribution < 1.29 is 36.2 Å². The molecule has 2 aromatic heterocycles. The van der Waals surface area contributed by atoms with Crippen molar-refractivity contribution in [3.8, 4) is 0 Å². The second-order valence-electron chi connectivity index (χ2n) is 9.27. The number of rotatable bonds is 5. The van der Waals surface area contributed by atoms with E-state index in [9.17, 15) is 22.0 Å². The summed E-state index contributed by atoms with van der Waals surface area (Å²) >= 11 is 0. The molecule has 1 aromatic carbocycles. The molecule has 3 heterocycles. The average Bonchev–Trinajstić information content (AvgIpc) is 3.68. The Morgan fingerprint density at radius 3 is 2.34 bits per heavy atom. The SMILES string of the molecule is Cc1nccc2nc(NC3CC3)c(N3CCC(C(F)c4ccc(F)cc4F)CC3)nc12.O=C(O)C(F)(F)F. The summed E-state index contributed by atoms with van der Waals surface area (Å²) in [5.41, 5.74) is 2.31. The number of nitrogens with one attached hydrogen (secondary N) is 1. The van der Waals surface area contributed by atoms with Crippen LogP contribution >= 0.6 is 0 Å². The van der Waals surface area contributed by atoms with E-state index >= 15 is 4.39 Å². The summed E-state index contributed by atoms with van der Waals surface area (Å²) in [7, 11) is 0. The van der Waals surface area contributed by atoms with Gasteiger partial charge in [0.2, 0.25) is 0 Å². The van der Waals surface area contributed by atoms with Crippen LogP contribution in [0, 0.1) is 24.5 Å². The molecule has 0 bridgehead atoms. The number of aliphatic carboxylic acids is 1. The highest BCUT2D eigenvalue weighted by Gasteiger charge is 2.38. The number of alkyl halides is 4. The molecule has 204 valence electrons. The minimum absolute atomic E-state index is 0.0665. The van der Waals surface area contributed by atoms with Crippen molar-refractivity contribution in [2.75, 3.05) is 23.3 Å². The van der Waals surface area contributed by atoms with E-state index < -0.39 is 30.0 Å². The van der Waals surface area contributed by atoms with Crippen LogP contribution in [0.4, 0.5) is 38.0 Å². The van der Waals surface area contributed by atoms with E-state index in [-0.39, 0.29) is 11.5 Å². The number of halogens is 6. The average molecular weight is 541 g/mol. The second-order valence-corrected chi connectivity index (χ2v) is 9.27. The number of hydrogen-bond acceptors (Lipinski definition) is 6. The molecule has 2 fully saturated rings. The van der Waals surface area contributed by atoms with Gasteiger partial charge in [-0.1, -0.05) is 6.07 Å². The maximum absolute atomic E-state index is 15.0. The highest BCUT2D eigenvalue weighted by atomic mass is 19.4. The lowest BCUT2D eigenvalue weighted by molar-refractivity contribution is -0.192. The van der Waals surface area contributed by atoms with Gasteiger partial charge in [0.15, 0.2) is 11.6 Å². The van der Waals surface area contributed by atoms with Crippen molar-refractivity contribution in [3.63, 3.8) is 0 Å². The Labute approximate surface area is 213 Å². The quantitative estimate of drug-likeness (QED) is 0.398. The minimum atomic E-state index is -5.08. The summed E-state index contributed by atoms with van der Waals surface area (Å²) in [6.07, 6.45) is -1.48. The summed E-state index contributed by atoms with van der Waals surface area (Å²) in [6.45, 7) is 3.09. The zero-order chi connectivity index (χ0) is 27.6. The van der Waals surface area contributed by atoms with E-state index in [2.05, 4.69) is 15.2 Å². The number of aromatic nitrogens is 3. The molecule has 1 aliphatic carbocycles. The van der Waals surface area contributed by atoms with E-state index in [1.165, 1.54) is 6.07 Å². The minimum Gasteiger partial charge on any atom is -0.475 e. The molecule has 3 aromatic rings. The molecule has 7 nitrogen and oxygen atoms in total. The predicted molar refractivity (Wildman–Crippen MR) is 128 cm³/mol. The number of fused-ring (bicyclic) bond motifs is 1. The number of carboxylic acids is 1. The number of pyridine rings is 1. The van der Waals surface area contributed by atoms with Gasteiger partial charge in [0.25, 0.3) is 0 Å². The van der Waals surface area contributed by atoms with Gasteiger partial charge in [-0.05, 0) is 50.7 Å². The first-order chi connectivity index (χ1) is 17.9. The lowest BCUT2D eigenvalue weighted by atomic mass is 9.88. The summed E-state index contributed by atoms with van der Waals surface area (Å²) in [6, 6.07) is 5.34. The fraction of sp³-hybridized carbons (Fsp3) is 0.440. The third-order valence-corrected chi connectivity index (χ3v) is 6.42. The summed E-state index contributed by atoms with van der Waals surface area (Å²) in [5, 5.41) is 10.6. The summed E-state index contributed by atoms with van der Waals surface area (Å²) in [4.78, 5) is 25.0. The first kappa shape index (κ1) is 27.4. The Kier molecular flexibility index (Phi) is 7.93. The first-order valence-electron chi connectivity index (χ1n) is 12.0. The van der Waals surface area contributed by atoms with Gasteiger partial charge in [0, 0.05) is 37.0 Å². The van der Waals surface area contributed by atoms with Crippen LogP contribution in [0.15, 0.2) is 30.5 Å². The molecule has 0 spiro atoms. The van der Waals surface area contributed by atoms with E-state index in [4.69, 9.17) is 19.9 Å². The van der Waals surface area contributed by atoms with Crippen LogP contribution in [0.3, 0.4) is 0 Å². The van der Waals surface area contributed by atoms with Crippen LogP contribution in [0.25, 0.3) is 11.0 Å². The van der Waals surface area contributed by atoms with Gasteiger partial charge in [0.1, 0.15) is 23.3 Å². The Bertz CT molecular complexity index is 1310. The molecule has 1 atom stereocenters. The number of hydrogen-bond donors (Lipinski definition) is 2. The van der Waals surface area contributed by atoms with Crippen LogP contribution in [-0.2, 0) is 4.79 Å². The van der Waals surface area contributed by atoms with E-state index in [1.807, 2.05) is 13.0 Å². The number of benzene rings is 1. The second kappa shape index (κ2) is 11.0. The molecule has 2 aliphatic rings. The Balaban J connectivity index is 0.000000426. The Morgan fingerprint density at radius 1 is 1.11 bits per heavy atom. The fourth-order valence-corrected chi connectivity index (χ4v) is 4.22. The Hall–Kier alpha value is -3.64. The number of piperidine rings is 1. The van der Waals surface area contributed by atoms with Gasteiger partial charge in [-0.2, -0.15) is 13.2 Å². The molecular weight excluding hydrogens is 516 g/mol. The van der Waals surface area contributed by atoms with Crippen molar-refractivity contribution in [2.24, 2.45) is 5.92 Å². The molecule has 2 N–H and O–H groups in total. The number of aryl methyl sites for hydroxylation is 1. The lowest BCUT2D eigenvalue weighted by Gasteiger charge is -2.35. The predicted octanol–water partition coefficient (Wildman–Crippen LogP) is 5.75. The highest BCUT2D eigenvalue weighted by molar-refractivity contribution is 5.82. The molecule has 5 rings (SSSR count). The van der Waals surface area contributed by atoms with E-state index in [0.29, 0.717) is 32.0 Å². The molecule has 1 aliphatic heterocycles. The van der Waals surface area contributed by atoms with Crippen LogP contribution in [0.1, 0.15) is 43.1 Å². The number of nitrogens with zero attached hydrogens (tertiary/aromatic N) is 4. The van der Waals surface area contributed by atoms with Gasteiger partial charge in [0.05, 0.1) is 11.2 Å². The smallest absolute Gasteiger partial charge is 0.475 e.